The van der Waals surface area contributed by atoms with E-state index in [1.54, 1.807) is 13.8 Å². The highest BCUT2D eigenvalue weighted by Gasteiger charge is 2.37. The highest BCUT2D eigenvalue weighted by Crippen LogP contribution is 2.30. The average Bonchev–Trinajstić information content (AvgIpc) is 2.33. The molecule has 1 aliphatic heterocycles. The van der Waals surface area contributed by atoms with Gasteiger partial charge in [0.2, 0.25) is 0 Å². The van der Waals surface area contributed by atoms with Crippen molar-refractivity contribution in [1.29, 1.82) is 0 Å². The molecule has 0 bridgehead atoms. The summed E-state index contributed by atoms with van der Waals surface area (Å²) >= 11 is 0. The Bertz CT molecular complexity index is 490. The number of amidine groups is 1. The molecule has 2 rings (SSSR count). The Kier molecular flexibility index (Phi) is 2.65. The number of hydrogen-bond acceptors (Lipinski definition) is 5. The van der Waals surface area contributed by atoms with Crippen molar-refractivity contribution in [2.45, 2.75) is 19.6 Å². The largest absolute Gasteiger partial charge is 0.396 e. The first-order chi connectivity index (χ1) is 7.94. The van der Waals surface area contributed by atoms with Crippen LogP contribution in [0.5, 0.6) is 0 Å². The fourth-order valence-electron chi connectivity index (χ4n) is 1.76. The number of hydrogen-bond donors (Lipinski definition) is 3. The third-order valence-electron chi connectivity index (χ3n) is 2.90. The third kappa shape index (κ3) is 1.79. The van der Waals surface area contributed by atoms with E-state index in [0.717, 1.165) is 10.6 Å². The molecule has 0 amide bonds. The summed E-state index contributed by atoms with van der Waals surface area (Å²) in [6.45, 7) is 3.27. The van der Waals surface area contributed by atoms with Crippen LogP contribution < -0.4 is 11.6 Å². The molecule has 0 saturated heterocycles. The minimum atomic E-state index is -1.42. The molecule has 90 valence electrons. The molecule has 5 nitrogen and oxygen atoms in total. The van der Waals surface area contributed by atoms with Gasteiger partial charge in [0.05, 0.1) is 11.4 Å². The van der Waals surface area contributed by atoms with Crippen molar-refractivity contribution in [3.05, 3.63) is 41.6 Å². The molecular formula is C12H16N4O. The molecule has 0 aliphatic carbocycles. The normalized spacial score (nSPS) is 24.9. The maximum absolute atomic E-state index is 10.3. The van der Waals surface area contributed by atoms with Crippen molar-refractivity contribution < 1.29 is 5.11 Å². The minimum Gasteiger partial charge on any atom is -0.396 e. The molecule has 1 aliphatic rings. The molecule has 1 unspecified atom stereocenters. The van der Waals surface area contributed by atoms with E-state index in [9.17, 15) is 5.11 Å². The molecule has 1 atom stereocenters. The zero-order valence-electron chi connectivity index (χ0n) is 9.88. The molecule has 5 heteroatoms. The fraction of sp³-hybridized carbons (Fsp3) is 0.250. The second kappa shape index (κ2) is 3.87. The molecule has 5 N–H and O–H groups in total. The molecule has 0 aromatic heterocycles. The summed E-state index contributed by atoms with van der Waals surface area (Å²) in [5, 5.41) is 11.4. The summed E-state index contributed by atoms with van der Waals surface area (Å²) in [4.78, 5) is 4.32. The van der Waals surface area contributed by atoms with Gasteiger partial charge in [0.15, 0.2) is 5.72 Å². The highest BCUT2D eigenvalue weighted by atomic mass is 16.3. The number of rotatable bonds is 1. The van der Waals surface area contributed by atoms with Crippen LogP contribution in [0.2, 0.25) is 0 Å². The summed E-state index contributed by atoms with van der Waals surface area (Å²) in [6, 6.07) is 9.48. The zero-order valence-corrected chi connectivity index (χ0v) is 9.88. The Balaban J connectivity index is 2.58. The lowest BCUT2D eigenvalue weighted by molar-refractivity contribution is -0.0227. The van der Waals surface area contributed by atoms with E-state index in [-0.39, 0.29) is 5.70 Å². The maximum atomic E-state index is 10.3. The van der Waals surface area contributed by atoms with Gasteiger partial charge < -0.3 is 10.8 Å². The van der Waals surface area contributed by atoms with Crippen molar-refractivity contribution in [3.8, 4) is 0 Å². The second-order valence-corrected chi connectivity index (χ2v) is 4.18. The molecule has 0 radical (unpaired) electrons. The number of hydrazine groups is 1. The van der Waals surface area contributed by atoms with Gasteiger partial charge in [-0.05, 0) is 13.8 Å². The Morgan fingerprint density at radius 2 is 1.88 bits per heavy atom. The average molecular weight is 232 g/mol. The van der Waals surface area contributed by atoms with Gasteiger partial charge in [-0.2, -0.15) is 0 Å². The molecule has 1 aromatic rings. The number of benzene rings is 1. The van der Waals surface area contributed by atoms with Gasteiger partial charge in [-0.25, -0.2) is 10.8 Å². The zero-order chi connectivity index (χ0) is 12.6. The van der Waals surface area contributed by atoms with Gasteiger partial charge in [-0.3, -0.25) is 5.01 Å². The van der Waals surface area contributed by atoms with Crippen molar-refractivity contribution in [2.75, 3.05) is 0 Å². The van der Waals surface area contributed by atoms with Gasteiger partial charge in [0.25, 0.3) is 0 Å². The summed E-state index contributed by atoms with van der Waals surface area (Å²) in [7, 11) is 0. The minimum absolute atomic E-state index is 0.247. The number of aliphatic hydroxyl groups is 1. The predicted molar refractivity (Wildman–Crippen MR) is 67.3 cm³/mol. The number of nitrogens with zero attached hydrogens (tertiary/aromatic N) is 2. The fourth-order valence-corrected chi connectivity index (χ4v) is 1.76. The van der Waals surface area contributed by atoms with Crippen molar-refractivity contribution >= 4 is 11.5 Å². The van der Waals surface area contributed by atoms with Crippen molar-refractivity contribution in [2.24, 2.45) is 16.6 Å². The van der Waals surface area contributed by atoms with Crippen LogP contribution in [0, 0.1) is 0 Å². The van der Waals surface area contributed by atoms with Crippen molar-refractivity contribution in [1.82, 2.24) is 5.01 Å². The second-order valence-electron chi connectivity index (χ2n) is 4.18. The van der Waals surface area contributed by atoms with E-state index in [0.29, 0.717) is 11.5 Å². The molecule has 0 fully saturated rings. The Labute approximate surface area is 100 Å². The van der Waals surface area contributed by atoms with Crippen LogP contribution in [-0.2, 0) is 0 Å². The monoisotopic (exact) mass is 232 g/mol. The first-order valence-electron chi connectivity index (χ1n) is 5.33. The maximum Gasteiger partial charge on any atom is 0.192 e. The summed E-state index contributed by atoms with van der Waals surface area (Å²) in [5.74, 6) is 6.24. The van der Waals surface area contributed by atoms with E-state index in [4.69, 9.17) is 11.6 Å². The Hall–Kier alpha value is -1.85. The van der Waals surface area contributed by atoms with Crippen molar-refractivity contribution in [3.63, 3.8) is 0 Å². The topological polar surface area (TPSA) is 87.9 Å². The standard InChI is InChI=1S/C12H16N4O/c1-8-15-10(9-6-4-3-5-7-9)11(13)12(2,17)16(8)14/h3-7,17H,13-14H2,1-2H3. The van der Waals surface area contributed by atoms with Crippen LogP contribution >= 0.6 is 0 Å². The van der Waals surface area contributed by atoms with Crippen LogP contribution in [0.1, 0.15) is 19.4 Å². The molecule has 1 aromatic carbocycles. The molecule has 0 saturated carbocycles. The first kappa shape index (κ1) is 11.6. The van der Waals surface area contributed by atoms with Gasteiger partial charge in [-0.1, -0.05) is 30.3 Å². The lowest BCUT2D eigenvalue weighted by Gasteiger charge is -2.38. The van der Waals surface area contributed by atoms with E-state index < -0.39 is 5.72 Å². The van der Waals surface area contributed by atoms with E-state index in [2.05, 4.69) is 4.99 Å². The molecular weight excluding hydrogens is 216 g/mol. The Morgan fingerprint density at radius 3 is 2.47 bits per heavy atom. The van der Waals surface area contributed by atoms with Crippen LogP contribution in [0.4, 0.5) is 0 Å². The van der Waals surface area contributed by atoms with E-state index >= 15 is 0 Å². The molecule has 0 spiro atoms. The molecule has 1 heterocycles. The number of aliphatic imine (C=N–C) groups is 1. The van der Waals surface area contributed by atoms with Gasteiger partial charge >= 0.3 is 0 Å². The summed E-state index contributed by atoms with van der Waals surface area (Å²) < 4.78 is 0. The lowest BCUT2D eigenvalue weighted by Crippen LogP contribution is -2.58. The van der Waals surface area contributed by atoms with E-state index in [1.807, 2.05) is 30.3 Å². The van der Waals surface area contributed by atoms with Crippen LogP contribution in [0.15, 0.2) is 41.0 Å². The quantitative estimate of drug-likeness (QED) is 0.620. The predicted octanol–water partition coefficient (Wildman–Crippen LogP) is 0.630. The third-order valence-corrected chi connectivity index (χ3v) is 2.90. The SMILES string of the molecule is CC1=NC(c2ccccc2)=C(N)C(C)(O)N1N. The van der Waals surface area contributed by atoms with Gasteiger partial charge in [0.1, 0.15) is 5.84 Å². The lowest BCUT2D eigenvalue weighted by atomic mass is 10.0. The molecule has 17 heavy (non-hydrogen) atoms. The van der Waals surface area contributed by atoms with Crippen LogP contribution in [0.3, 0.4) is 0 Å². The van der Waals surface area contributed by atoms with Gasteiger partial charge in [0, 0.05) is 5.56 Å². The van der Waals surface area contributed by atoms with Crippen LogP contribution in [-0.4, -0.2) is 21.7 Å². The van der Waals surface area contributed by atoms with Gasteiger partial charge in [-0.15, -0.1) is 0 Å². The first-order valence-corrected chi connectivity index (χ1v) is 5.33. The number of nitrogens with two attached hydrogens (primary N) is 2. The van der Waals surface area contributed by atoms with Crippen LogP contribution in [0.25, 0.3) is 5.70 Å². The summed E-state index contributed by atoms with van der Waals surface area (Å²) in [5.41, 5.74) is 6.19. The smallest absolute Gasteiger partial charge is 0.192 e. The van der Waals surface area contributed by atoms with E-state index in [1.165, 1.54) is 0 Å². The highest BCUT2D eigenvalue weighted by molar-refractivity contribution is 5.90. The summed E-state index contributed by atoms with van der Waals surface area (Å²) in [6.07, 6.45) is 0. The Morgan fingerprint density at radius 1 is 1.29 bits per heavy atom.